The third-order valence-corrected chi connectivity index (χ3v) is 6.01. The van der Waals surface area contributed by atoms with Crippen molar-refractivity contribution in [3.63, 3.8) is 0 Å². The summed E-state index contributed by atoms with van der Waals surface area (Å²) in [6, 6.07) is 6.31. The van der Waals surface area contributed by atoms with Crippen LogP contribution >= 0.6 is 0 Å². The molecular weight excluding hydrogens is 375 g/mol. The molecular formula is C21H27FN4O3. The van der Waals surface area contributed by atoms with Gasteiger partial charge in [0.2, 0.25) is 5.91 Å². The number of likely N-dealkylation sites (tertiary alicyclic amines) is 1. The molecule has 8 heteroatoms. The van der Waals surface area contributed by atoms with Crippen LogP contribution in [0.3, 0.4) is 0 Å². The lowest BCUT2D eigenvalue weighted by Crippen LogP contribution is -2.54. The molecule has 1 aromatic carbocycles. The number of oxazole rings is 1. The van der Waals surface area contributed by atoms with Gasteiger partial charge in [-0.05, 0) is 57.2 Å². The first-order valence-electron chi connectivity index (χ1n) is 10.2. The van der Waals surface area contributed by atoms with E-state index in [0.29, 0.717) is 30.5 Å². The zero-order valence-corrected chi connectivity index (χ0v) is 16.7. The van der Waals surface area contributed by atoms with E-state index >= 15 is 0 Å². The Bertz CT molecular complexity index is 891. The number of aromatic nitrogens is 1. The molecule has 4 rings (SSSR count). The second kappa shape index (κ2) is 8.51. The molecule has 0 radical (unpaired) electrons. The Kier molecular flexibility index (Phi) is 5.82. The number of hydrogen-bond donors (Lipinski definition) is 0. The van der Waals surface area contributed by atoms with Gasteiger partial charge in [-0.1, -0.05) is 0 Å². The Morgan fingerprint density at radius 2 is 1.72 bits per heavy atom. The zero-order chi connectivity index (χ0) is 20.4. The van der Waals surface area contributed by atoms with E-state index in [1.807, 2.05) is 4.90 Å². The van der Waals surface area contributed by atoms with Crippen molar-refractivity contribution in [1.29, 1.82) is 0 Å². The molecule has 3 heterocycles. The lowest BCUT2D eigenvalue weighted by molar-refractivity contribution is -0.134. The van der Waals surface area contributed by atoms with Crippen molar-refractivity contribution in [2.75, 3.05) is 46.3 Å². The summed E-state index contributed by atoms with van der Waals surface area (Å²) in [4.78, 5) is 31.5. The number of rotatable bonds is 4. The van der Waals surface area contributed by atoms with Gasteiger partial charge in [-0.3, -0.25) is 14.3 Å². The Morgan fingerprint density at radius 1 is 1.07 bits per heavy atom. The fourth-order valence-electron chi connectivity index (χ4n) is 4.17. The fourth-order valence-corrected chi connectivity index (χ4v) is 4.17. The van der Waals surface area contributed by atoms with E-state index < -0.39 is 5.76 Å². The zero-order valence-electron chi connectivity index (χ0n) is 16.7. The number of halogens is 1. The topological polar surface area (TPSA) is 61.9 Å². The Hall–Kier alpha value is -2.45. The molecule has 7 nitrogen and oxygen atoms in total. The normalized spacial score (nSPS) is 19.6. The van der Waals surface area contributed by atoms with E-state index in [4.69, 9.17) is 4.42 Å². The molecule has 0 aliphatic carbocycles. The van der Waals surface area contributed by atoms with Crippen molar-refractivity contribution in [3.8, 4) is 11.3 Å². The third-order valence-electron chi connectivity index (χ3n) is 6.01. The second-order valence-electron chi connectivity index (χ2n) is 7.95. The van der Waals surface area contributed by atoms with Gasteiger partial charge < -0.3 is 14.2 Å². The minimum Gasteiger partial charge on any atom is -0.408 e. The maximum absolute atomic E-state index is 13.1. The van der Waals surface area contributed by atoms with E-state index in [2.05, 4.69) is 16.8 Å². The summed E-state index contributed by atoms with van der Waals surface area (Å²) in [6.07, 6.45) is 3.88. The number of benzene rings is 1. The van der Waals surface area contributed by atoms with Crippen LogP contribution in [0.15, 0.2) is 39.7 Å². The average molecular weight is 402 g/mol. The predicted molar refractivity (Wildman–Crippen MR) is 107 cm³/mol. The van der Waals surface area contributed by atoms with Gasteiger partial charge in [-0.2, -0.15) is 0 Å². The summed E-state index contributed by atoms with van der Waals surface area (Å²) in [5, 5.41) is 0. The standard InChI is InChI=1S/C21H27FN4O3/c1-23-8-6-18(7-9-23)24-10-12-25(13-11-24)20(27)15-26-14-19(29-21(26)28)16-2-4-17(22)5-3-16/h2-5,14,18H,6-13,15H2,1H3. The van der Waals surface area contributed by atoms with E-state index in [9.17, 15) is 14.0 Å². The van der Waals surface area contributed by atoms with Gasteiger partial charge in [-0.15, -0.1) is 0 Å². The maximum Gasteiger partial charge on any atom is 0.419 e. The molecule has 29 heavy (non-hydrogen) atoms. The molecule has 0 unspecified atom stereocenters. The summed E-state index contributed by atoms with van der Waals surface area (Å²) < 4.78 is 19.6. The van der Waals surface area contributed by atoms with Crippen LogP contribution in [0.4, 0.5) is 4.39 Å². The lowest BCUT2D eigenvalue weighted by Gasteiger charge is -2.42. The SMILES string of the molecule is CN1CCC(N2CCN(C(=O)Cn3cc(-c4ccc(F)cc4)oc3=O)CC2)CC1. The van der Waals surface area contributed by atoms with Crippen molar-refractivity contribution in [1.82, 2.24) is 19.3 Å². The lowest BCUT2D eigenvalue weighted by atomic mass is 10.0. The second-order valence-corrected chi connectivity index (χ2v) is 7.95. The molecule has 0 atom stereocenters. The largest absolute Gasteiger partial charge is 0.419 e. The summed E-state index contributed by atoms with van der Waals surface area (Å²) in [7, 11) is 2.16. The first-order valence-corrected chi connectivity index (χ1v) is 10.2. The predicted octanol–water partition coefficient (Wildman–Crippen LogP) is 1.49. The van der Waals surface area contributed by atoms with E-state index in [1.165, 1.54) is 35.7 Å². The number of piperazine rings is 1. The molecule has 2 aliphatic rings. The quantitative estimate of drug-likeness (QED) is 0.776. The Labute approximate surface area is 169 Å². The van der Waals surface area contributed by atoms with Crippen molar-refractivity contribution in [2.24, 2.45) is 0 Å². The third kappa shape index (κ3) is 4.59. The first kappa shape index (κ1) is 19.8. The first-order chi connectivity index (χ1) is 14.0. The minimum atomic E-state index is -0.581. The fraction of sp³-hybridized carbons (Fsp3) is 0.524. The summed E-state index contributed by atoms with van der Waals surface area (Å²) in [5.41, 5.74) is 0.599. The maximum atomic E-state index is 13.1. The monoisotopic (exact) mass is 402 g/mol. The molecule has 2 aromatic rings. The van der Waals surface area contributed by atoms with Crippen molar-refractivity contribution in [3.05, 3.63) is 46.8 Å². The molecule has 2 aliphatic heterocycles. The number of nitrogens with zero attached hydrogens (tertiary/aromatic N) is 4. The molecule has 0 spiro atoms. The van der Waals surface area contributed by atoms with Gasteiger partial charge in [0.1, 0.15) is 12.4 Å². The van der Waals surface area contributed by atoms with Crippen LogP contribution in [-0.2, 0) is 11.3 Å². The highest BCUT2D eigenvalue weighted by molar-refractivity contribution is 5.76. The van der Waals surface area contributed by atoms with E-state index in [1.54, 1.807) is 12.1 Å². The summed E-state index contributed by atoms with van der Waals surface area (Å²) in [5.74, 6) is -0.691. The summed E-state index contributed by atoms with van der Waals surface area (Å²) >= 11 is 0. The number of piperidine rings is 1. The number of carbonyl (C=O) groups is 1. The van der Waals surface area contributed by atoms with Crippen molar-refractivity contribution < 1.29 is 13.6 Å². The van der Waals surface area contributed by atoms with E-state index in [-0.39, 0.29) is 18.3 Å². The van der Waals surface area contributed by atoms with Crippen molar-refractivity contribution >= 4 is 5.91 Å². The van der Waals surface area contributed by atoms with Gasteiger partial charge in [0.05, 0.1) is 6.20 Å². The molecule has 0 N–H and O–H groups in total. The average Bonchev–Trinajstić information content (AvgIpc) is 3.09. The van der Waals surface area contributed by atoms with Gasteiger partial charge in [0, 0.05) is 37.8 Å². The Balaban J connectivity index is 1.33. The van der Waals surface area contributed by atoms with Gasteiger partial charge >= 0.3 is 5.76 Å². The van der Waals surface area contributed by atoms with Crippen LogP contribution in [0.25, 0.3) is 11.3 Å². The summed E-state index contributed by atoms with van der Waals surface area (Å²) in [6.45, 7) is 5.33. The highest BCUT2D eigenvalue weighted by atomic mass is 19.1. The van der Waals surface area contributed by atoms with Gasteiger partial charge in [0.25, 0.3) is 0 Å². The smallest absolute Gasteiger partial charge is 0.408 e. The van der Waals surface area contributed by atoms with Crippen LogP contribution in [0.2, 0.25) is 0 Å². The van der Waals surface area contributed by atoms with Crippen LogP contribution < -0.4 is 5.76 Å². The molecule has 2 fully saturated rings. The molecule has 2 saturated heterocycles. The Morgan fingerprint density at radius 3 is 2.38 bits per heavy atom. The number of amides is 1. The van der Waals surface area contributed by atoms with Crippen LogP contribution in [0, 0.1) is 5.82 Å². The molecule has 1 amide bonds. The highest BCUT2D eigenvalue weighted by Gasteiger charge is 2.28. The highest BCUT2D eigenvalue weighted by Crippen LogP contribution is 2.19. The van der Waals surface area contributed by atoms with Crippen LogP contribution in [-0.4, -0.2) is 77.5 Å². The van der Waals surface area contributed by atoms with Crippen LogP contribution in [0.5, 0.6) is 0 Å². The van der Waals surface area contributed by atoms with Gasteiger partial charge in [0.15, 0.2) is 5.76 Å². The van der Waals surface area contributed by atoms with Gasteiger partial charge in [-0.25, -0.2) is 9.18 Å². The molecule has 156 valence electrons. The molecule has 0 saturated carbocycles. The molecule has 0 bridgehead atoms. The molecule has 1 aromatic heterocycles. The van der Waals surface area contributed by atoms with E-state index in [0.717, 1.165) is 26.2 Å². The van der Waals surface area contributed by atoms with Crippen LogP contribution in [0.1, 0.15) is 12.8 Å². The minimum absolute atomic E-state index is 0.0439. The van der Waals surface area contributed by atoms with Crippen molar-refractivity contribution in [2.45, 2.75) is 25.4 Å². The number of carbonyl (C=O) groups excluding carboxylic acids is 1. The number of hydrogen-bond acceptors (Lipinski definition) is 5.